The molecule has 0 atom stereocenters. The van der Waals surface area contributed by atoms with Crippen molar-refractivity contribution in [2.75, 3.05) is 0 Å². The summed E-state index contributed by atoms with van der Waals surface area (Å²) in [6.45, 7) is 1.94. The van der Waals surface area contributed by atoms with Crippen molar-refractivity contribution >= 4 is 15.8 Å². The number of aromatic amines is 1. The van der Waals surface area contributed by atoms with Gasteiger partial charge in [-0.2, -0.15) is 5.10 Å². The molecule has 0 aliphatic heterocycles. The number of carbonyl (C=O) groups is 1. The normalized spacial score (nSPS) is 11.2. The van der Waals surface area contributed by atoms with Gasteiger partial charge in [-0.05, 0) is 42.8 Å². The van der Waals surface area contributed by atoms with Crippen LogP contribution in [0.4, 0.5) is 0 Å². The Morgan fingerprint density at radius 3 is 2.16 bits per heavy atom. The van der Waals surface area contributed by atoms with Crippen LogP contribution in [0.5, 0.6) is 0 Å². The van der Waals surface area contributed by atoms with Gasteiger partial charge in [0.1, 0.15) is 12.3 Å². The fourth-order valence-electron chi connectivity index (χ4n) is 2.21. The monoisotopic (exact) mass is 356 g/mol. The Labute approximate surface area is 145 Å². The lowest BCUT2D eigenvalue weighted by atomic mass is 10.2. The van der Waals surface area contributed by atoms with E-state index in [2.05, 4.69) is 10.2 Å². The number of nitrogens with one attached hydrogen (secondary N) is 1. The van der Waals surface area contributed by atoms with Crippen LogP contribution in [0.15, 0.2) is 70.6 Å². The predicted octanol–water partition coefficient (Wildman–Crippen LogP) is 2.91. The van der Waals surface area contributed by atoms with Crippen molar-refractivity contribution in [3.8, 4) is 0 Å². The Balaban J connectivity index is 1.71. The van der Waals surface area contributed by atoms with Gasteiger partial charge in [-0.15, -0.1) is 0 Å². The Bertz CT molecular complexity index is 961. The van der Waals surface area contributed by atoms with Gasteiger partial charge in [0.05, 0.1) is 9.79 Å². The zero-order valence-electron chi connectivity index (χ0n) is 13.5. The highest BCUT2D eigenvalue weighted by Crippen LogP contribution is 2.21. The van der Waals surface area contributed by atoms with E-state index in [1.54, 1.807) is 36.4 Å². The van der Waals surface area contributed by atoms with Crippen LogP contribution in [0.2, 0.25) is 0 Å². The predicted molar refractivity (Wildman–Crippen MR) is 90.8 cm³/mol. The van der Waals surface area contributed by atoms with Crippen molar-refractivity contribution in [2.45, 2.75) is 23.3 Å². The van der Waals surface area contributed by atoms with Crippen LogP contribution in [-0.2, 0) is 21.2 Å². The van der Waals surface area contributed by atoms with E-state index >= 15 is 0 Å². The molecule has 3 rings (SSSR count). The molecule has 0 amide bonds. The number of esters is 1. The summed E-state index contributed by atoms with van der Waals surface area (Å²) < 4.78 is 30.3. The van der Waals surface area contributed by atoms with Crippen LogP contribution >= 0.6 is 0 Å². The molecule has 0 unspecified atom stereocenters. The van der Waals surface area contributed by atoms with E-state index in [1.165, 1.54) is 24.4 Å². The molecule has 1 N–H and O–H groups in total. The Kier molecular flexibility index (Phi) is 4.67. The standard InChI is InChI=1S/C18H16N2O4S/c1-13-2-6-15(7-3-13)25(22,23)16-8-4-14(5-9-16)12-24-18(21)17-10-11-19-20-17/h2-11H,12H2,1H3,(H,19,20). The molecule has 0 saturated carbocycles. The highest BCUT2D eigenvalue weighted by atomic mass is 32.2. The molecule has 0 spiro atoms. The second-order valence-corrected chi connectivity index (χ2v) is 7.46. The Hall–Kier alpha value is -2.93. The van der Waals surface area contributed by atoms with Crippen molar-refractivity contribution in [3.05, 3.63) is 77.6 Å². The molecular formula is C18H16N2O4S. The molecule has 128 valence electrons. The summed E-state index contributed by atoms with van der Waals surface area (Å²) in [5, 5.41) is 6.20. The molecule has 25 heavy (non-hydrogen) atoms. The summed E-state index contributed by atoms with van der Waals surface area (Å²) in [7, 11) is -3.56. The van der Waals surface area contributed by atoms with Crippen molar-refractivity contribution in [3.63, 3.8) is 0 Å². The minimum absolute atomic E-state index is 0.0444. The molecule has 0 aliphatic carbocycles. The molecule has 7 heteroatoms. The van der Waals surface area contributed by atoms with E-state index in [0.29, 0.717) is 5.56 Å². The summed E-state index contributed by atoms with van der Waals surface area (Å²) in [6.07, 6.45) is 1.46. The van der Waals surface area contributed by atoms with Crippen LogP contribution in [0.25, 0.3) is 0 Å². The van der Waals surface area contributed by atoms with Gasteiger partial charge in [0.15, 0.2) is 0 Å². The van der Waals surface area contributed by atoms with Crippen LogP contribution < -0.4 is 0 Å². The third kappa shape index (κ3) is 3.77. The first kappa shape index (κ1) is 16.9. The molecule has 0 radical (unpaired) electrons. The van der Waals surface area contributed by atoms with Crippen LogP contribution in [-0.4, -0.2) is 24.6 Å². The average Bonchev–Trinajstić information content (AvgIpc) is 3.15. The zero-order valence-corrected chi connectivity index (χ0v) is 14.3. The van der Waals surface area contributed by atoms with Gasteiger partial charge in [0, 0.05) is 6.20 Å². The molecule has 0 bridgehead atoms. The molecular weight excluding hydrogens is 340 g/mol. The number of nitrogens with zero attached hydrogens (tertiary/aromatic N) is 1. The number of aromatic nitrogens is 2. The quantitative estimate of drug-likeness (QED) is 0.710. The van der Waals surface area contributed by atoms with Crippen molar-refractivity contribution in [2.24, 2.45) is 0 Å². The minimum atomic E-state index is -3.56. The molecule has 0 fully saturated rings. The van der Waals surface area contributed by atoms with Gasteiger partial charge < -0.3 is 4.74 Å². The first-order chi connectivity index (χ1) is 12.0. The van der Waals surface area contributed by atoms with E-state index in [1.807, 2.05) is 6.92 Å². The molecule has 2 aromatic carbocycles. The molecule has 0 saturated heterocycles. The minimum Gasteiger partial charge on any atom is -0.456 e. The van der Waals surface area contributed by atoms with Gasteiger partial charge in [0.25, 0.3) is 0 Å². The van der Waals surface area contributed by atoms with Crippen LogP contribution in [0, 0.1) is 6.92 Å². The third-order valence-electron chi connectivity index (χ3n) is 3.66. The lowest BCUT2D eigenvalue weighted by molar-refractivity contribution is 0.0465. The van der Waals surface area contributed by atoms with E-state index < -0.39 is 15.8 Å². The summed E-state index contributed by atoms with van der Waals surface area (Å²) in [5.74, 6) is -0.520. The summed E-state index contributed by atoms with van der Waals surface area (Å²) >= 11 is 0. The molecule has 6 nitrogen and oxygen atoms in total. The number of aryl methyl sites for hydroxylation is 1. The number of sulfone groups is 1. The van der Waals surface area contributed by atoms with Crippen molar-refractivity contribution in [1.82, 2.24) is 10.2 Å². The van der Waals surface area contributed by atoms with Crippen molar-refractivity contribution < 1.29 is 17.9 Å². The number of carbonyl (C=O) groups excluding carboxylic acids is 1. The average molecular weight is 356 g/mol. The summed E-state index contributed by atoms with van der Waals surface area (Å²) in [4.78, 5) is 12.2. The molecule has 1 heterocycles. The first-order valence-electron chi connectivity index (χ1n) is 7.54. The zero-order chi connectivity index (χ0) is 17.9. The van der Waals surface area contributed by atoms with Crippen molar-refractivity contribution in [1.29, 1.82) is 0 Å². The highest BCUT2D eigenvalue weighted by molar-refractivity contribution is 7.91. The largest absolute Gasteiger partial charge is 0.456 e. The lowest BCUT2D eigenvalue weighted by Crippen LogP contribution is -2.06. The number of ether oxygens (including phenoxy) is 1. The number of H-pyrrole nitrogens is 1. The fourth-order valence-corrected chi connectivity index (χ4v) is 3.48. The topological polar surface area (TPSA) is 89.1 Å². The van der Waals surface area contributed by atoms with E-state index in [9.17, 15) is 13.2 Å². The molecule has 3 aromatic rings. The number of hydrogen-bond acceptors (Lipinski definition) is 5. The maximum absolute atomic E-state index is 12.6. The fraction of sp³-hybridized carbons (Fsp3) is 0.111. The maximum atomic E-state index is 12.6. The van der Waals surface area contributed by atoms with E-state index in [0.717, 1.165) is 5.56 Å². The second kappa shape index (κ2) is 6.90. The Morgan fingerprint density at radius 2 is 1.60 bits per heavy atom. The van der Waals surface area contributed by atoms with Gasteiger partial charge >= 0.3 is 5.97 Å². The summed E-state index contributed by atoms with van der Waals surface area (Å²) in [6, 6.07) is 14.5. The smallest absolute Gasteiger partial charge is 0.356 e. The molecule has 1 aromatic heterocycles. The maximum Gasteiger partial charge on any atom is 0.356 e. The van der Waals surface area contributed by atoms with Gasteiger partial charge in [-0.1, -0.05) is 29.8 Å². The van der Waals surface area contributed by atoms with Crippen LogP contribution in [0.3, 0.4) is 0 Å². The van der Waals surface area contributed by atoms with Gasteiger partial charge in [-0.3, -0.25) is 5.10 Å². The number of hydrogen-bond donors (Lipinski definition) is 1. The Morgan fingerprint density at radius 1 is 1.00 bits per heavy atom. The third-order valence-corrected chi connectivity index (χ3v) is 5.44. The first-order valence-corrected chi connectivity index (χ1v) is 9.02. The number of rotatable bonds is 5. The summed E-state index contributed by atoms with van der Waals surface area (Å²) in [5.41, 5.74) is 1.95. The van der Waals surface area contributed by atoms with Crippen LogP contribution in [0.1, 0.15) is 21.6 Å². The SMILES string of the molecule is Cc1ccc(S(=O)(=O)c2ccc(COC(=O)c3ccn[nH]3)cc2)cc1. The lowest BCUT2D eigenvalue weighted by Gasteiger charge is -2.07. The van der Waals surface area contributed by atoms with Gasteiger partial charge in [0.2, 0.25) is 9.84 Å². The van der Waals surface area contributed by atoms with E-state index in [4.69, 9.17) is 4.74 Å². The van der Waals surface area contributed by atoms with Gasteiger partial charge in [-0.25, -0.2) is 13.2 Å². The van der Waals surface area contributed by atoms with E-state index in [-0.39, 0.29) is 22.1 Å². The highest BCUT2D eigenvalue weighted by Gasteiger charge is 2.17. The second-order valence-electron chi connectivity index (χ2n) is 5.51. The molecule has 0 aliphatic rings. The number of benzene rings is 2.